The Morgan fingerprint density at radius 2 is 0.645 bits per heavy atom. The minimum Gasteiger partial charge on any atom is -0.489 e. The average Bonchev–Trinajstić information content (AvgIpc) is 0.819. The summed E-state index contributed by atoms with van der Waals surface area (Å²) in [6.45, 7) is 25.4. The molecule has 16 rings (SSSR count). The van der Waals surface area contributed by atoms with Gasteiger partial charge in [-0.3, -0.25) is 48.2 Å². The Kier molecular flexibility index (Phi) is 48.5. The van der Waals surface area contributed by atoms with E-state index in [1.807, 2.05) is 65.2 Å². The second-order valence-electron chi connectivity index (χ2n) is 32.0. The van der Waals surface area contributed by atoms with E-state index in [4.69, 9.17) is 52.1 Å². The Morgan fingerprint density at radius 3 is 0.968 bits per heavy atom. The second kappa shape index (κ2) is 58.4. The molecule has 4 aromatic carbocycles. The van der Waals surface area contributed by atoms with Crippen LogP contribution < -0.4 is 85.7 Å². The second-order valence-corrected chi connectivity index (χ2v) is 32.0. The molecule has 12 heterocycles. The quantitative estimate of drug-likeness (QED) is 0.0185. The highest BCUT2D eigenvalue weighted by molar-refractivity contribution is 6.06. The molecular weight excluding hydrogens is 1590 g/mol. The largest absolute Gasteiger partial charge is 0.489 e. The Balaban J connectivity index is 1.62. The standard InChI is InChI=1S/C93H145N11O20/c1-13-21-53-116-76-68(34-37-73(79(76)119-56-24-16-4)89(110)99-48-61-115-63-62-114-12)84(105)94-43-31-33-67-65-104-52-47-98-88(109)70-36-35-69(77(117-54-22-14-2)78(70)118-55-23-15-3)85(106)95-44-49-103(51-46-97-87(108)72-39-41-75(91(112)102-67)83(123-60-28-20-8)81(72)121-58-26-18-6)50-45-96-86(107)71-38-40-74(82(122-59-27-19-7)80(71)120-57-25-17-5)90(111)101-66(64-104)32-29-30-42-100-92(113)124-93(9,10)11/h34-41,66-67H,13-33,42-65H2,1-12H3,(H,94,105)(H,95,106)(H,96,107)(H,97,108)(H,98,109)(H,99,110)(H,100,113)(H,101,111)(H,102,112)/t66-,67-/m0/s1. The number of nitrogens with zero attached hydrogens (tertiary/aromatic N) is 2. The summed E-state index contributed by atoms with van der Waals surface area (Å²) in [5.74, 6) is -3.45. The minimum absolute atomic E-state index is 0.0252. The van der Waals surface area contributed by atoms with Gasteiger partial charge >= 0.3 is 6.09 Å². The van der Waals surface area contributed by atoms with Gasteiger partial charge in [-0.1, -0.05) is 107 Å². The normalized spacial score (nSPS) is 16.4. The molecule has 0 radical (unpaired) electrons. The molecule has 31 nitrogen and oxygen atoms in total. The topological polar surface area (TPSA) is 370 Å². The smallest absolute Gasteiger partial charge is 0.407 e. The highest BCUT2D eigenvalue weighted by atomic mass is 16.6. The van der Waals surface area contributed by atoms with Crippen molar-refractivity contribution < 1.29 is 95.3 Å². The molecule has 12 aliphatic heterocycles. The SMILES string of the molecule is CCCCOc1c(C(=O)NCCC[C@H]2CN3CCNC(=O)c4ccc(c(OCCCC)c4OCCCC)C(=O)NCCN(CCNC(=O)c4ccc(c(OCCCC)c4OCCCC)C(=O)N[C@@H](CCCCNC(=O)OC(C)(C)C)C3)CCNC(=O)c3ccc(c(OCCCC)c3OCCCC)C(=O)N2)ccc(C(=O)NCCOCCOC)c1OCCCC. The number of amides is 9. The molecule has 692 valence electrons. The van der Waals surface area contributed by atoms with Crippen molar-refractivity contribution in [1.29, 1.82) is 0 Å². The maximum Gasteiger partial charge on any atom is 0.407 e. The van der Waals surface area contributed by atoms with Gasteiger partial charge in [-0.25, -0.2) is 4.79 Å². The predicted octanol–water partition coefficient (Wildman–Crippen LogP) is 12.6. The molecule has 9 amide bonds. The molecule has 124 heavy (non-hydrogen) atoms. The molecule has 0 saturated heterocycles. The van der Waals surface area contributed by atoms with E-state index < -0.39 is 71.0 Å². The molecule has 0 aromatic heterocycles. The molecule has 2 unspecified atom stereocenters. The zero-order chi connectivity index (χ0) is 89.9. The van der Waals surface area contributed by atoms with E-state index in [-0.39, 0.29) is 248 Å². The fourth-order valence-electron chi connectivity index (χ4n) is 13.5. The lowest BCUT2D eigenvalue weighted by atomic mass is 10.0. The number of carbonyl (C=O) groups excluding carboxylic acids is 9. The van der Waals surface area contributed by atoms with Gasteiger partial charge in [-0.15, -0.1) is 0 Å². The summed E-state index contributed by atoms with van der Waals surface area (Å²) in [5, 5.41) is 28.0. The van der Waals surface area contributed by atoms with Gasteiger partial charge < -0.3 is 100.0 Å². The third kappa shape index (κ3) is 35.3. The van der Waals surface area contributed by atoms with Gasteiger partial charge in [0.2, 0.25) is 0 Å². The monoisotopic (exact) mass is 1740 g/mol. The summed E-state index contributed by atoms with van der Waals surface area (Å²) in [7, 11) is 1.58. The van der Waals surface area contributed by atoms with Crippen molar-refractivity contribution in [2.45, 2.75) is 229 Å². The van der Waals surface area contributed by atoms with Gasteiger partial charge in [-0.2, -0.15) is 0 Å². The minimum atomic E-state index is -0.833. The molecular formula is C93H145N11O20. The van der Waals surface area contributed by atoms with E-state index in [1.54, 1.807) is 76.4 Å². The lowest BCUT2D eigenvalue weighted by Crippen LogP contribution is -2.51. The van der Waals surface area contributed by atoms with Crippen LogP contribution in [0, 0.1) is 0 Å². The lowest BCUT2D eigenvalue weighted by Gasteiger charge is -2.32. The van der Waals surface area contributed by atoms with Crippen molar-refractivity contribution in [3.05, 3.63) is 93.0 Å². The number of carbonyl (C=O) groups is 9. The number of methoxy groups -OCH3 is 1. The van der Waals surface area contributed by atoms with Gasteiger partial charge in [0.1, 0.15) is 5.60 Å². The predicted molar refractivity (Wildman–Crippen MR) is 478 cm³/mol. The Morgan fingerprint density at radius 1 is 0.347 bits per heavy atom. The molecule has 4 aromatic rings. The van der Waals surface area contributed by atoms with E-state index in [2.05, 4.69) is 47.9 Å². The highest BCUT2D eigenvalue weighted by Gasteiger charge is 2.33. The van der Waals surface area contributed by atoms with Crippen molar-refractivity contribution in [2.75, 3.05) is 165 Å². The number of unbranched alkanes of at least 4 members (excludes halogenated alkanes) is 9. The first-order chi connectivity index (χ1) is 60.1. The summed E-state index contributed by atoms with van der Waals surface area (Å²) < 4.78 is 68.6. The lowest BCUT2D eigenvalue weighted by molar-refractivity contribution is 0.0525. The van der Waals surface area contributed by atoms with E-state index in [1.165, 1.54) is 0 Å². The summed E-state index contributed by atoms with van der Waals surface area (Å²) in [6.07, 6.45) is 12.0. The fraction of sp³-hybridized carbons (Fsp3) is 0.645. The van der Waals surface area contributed by atoms with Crippen LogP contribution in [0.2, 0.25) is 0 Å². The third-order valence-electron chi connectivity index (χ3n) is 20.5. The first-order valence-electron chi connectivity index (χ1n) is 45.6. The van der Waals surface area contributed by atoms with Crippen LogP contribution >= 0.6 is 0 Å². The van der Waals surface area contributed by atoms with Gasteiger partial charge in [0.15, 0.2) is 46.0 Å². The van der Waals surface area contributed by atoms with Crippen LogP contribution in [0.25, 0.3) is 0 Å². The molecule has 0 fully saturated rings. The van der Waals surface area contributed by atoms with Crippen molar-refractivity contribution in [2.24, 2.45) is 0 Å². The fourth-order valence-corrected chi connectivity index (χ4v) is 13.5. The van der Waals surface area contributed by atoms with Crippen LogP contribution in [-0.2, 0) is 14.2 Å². The Bertz CT molecular complexity index is 3950. The first kappa shape index (κ1) is 103. The molecule has 12 aliphatic rings. The number of alkyl carbamates (subject to hydrolysis) is 1. The van der Waals surface area contributed by atoms with Crippen LogP contribution in [0.4, 0.5) is 4.79 Å². The average molecular weight is 1740 g/mol. The maximum absolute atomic E-state index is 15.9. The zero-order valence-electron chi connectivity index (χ0n) is 76.2. The number of nitrogens with one attached hydrogen (secondary N) is 9. The van der Waals surface area contributed by atoms with Crippen LogP contribution in [0.1, 0.15) is 294 Å². The first-order valence-corrected chi connectivity index (χ1v) is 45.6. The van der Waals surface area contributed by atoms with Crippen LogP contribution in [0.3, 0.4) is 0 Å². The van der Waals surface area contributed by atoms with Crippen molar-refractivity contribution >= 4 is 53.4 Å². The van der Waals surface area contributed by atoms with E-state index in [0.29, 0.717) is 83.8 Å². The number of hydrogen-bond acceptors (Lipinski definition) is 22. The molecule has 0 spiro atoms. The highest BCUT2D eigenvalue weighted by Crippen LogP contribution is 2.41. The van der Waals surface area contributed by atoms with E-state index in [0.717, 1.165) is 51.4 Å². The molecule has 9 N–H and O–H groups in total. The zero-order valence-corrected chi connectivity index (χ0v) is 76.2. The van der Waals surface area contributed by atoms with Crippen molar-refractivity contribution in [3.63, 3.8) is 0 Å². The van der Waals surface area contributed by atoms with Gasteiger partial charge in [0, 0.05) is 104 Å². The molecule has 4 atom stereocenters. The summed E-state index contributed by atoms with van der Waals surface area (Å²) in [4.78, 5) is 138. The number of hydrogen-bond donors (Lipinski definition) is 9. The van der Waals surface area contributed by atoms with Crippen molar-refractivity contribution in [3.8, 4) is 46.0 Å². The molecule has 0 aliphatic carbocycles. The van der Waals surface area contributed by atoms with Crippen molar-refractivity contribution in [1.82, 2.24) is 57.7 Å². The van der Waals surface area contributed by atoms with Crippen LogP contribution in [0.15, 0.2) is 48.5 Å². The van der Waals surface area contributed by atoms with Gasteiger partial charge in [0.05, 0.1) is 117 Å². The summed E-state index contributed by atoms with van der Waals surface area (Å²) >= 11 is 0. The van der Waals surface area contributed by atoms with E-state index >= 15 is 19.2 Å². The van der Waals surface area contributed by atoms with Crippen LogP contribution in [-0.4, -0.2) is 246 Å². The number of benzene rings is 4. The molecule has 0 saturated carbocycles. The third-order valence-corrected chi connectivity index (χ3v) is 20.5. The van der Waals surface area contributed by atoms with E-state index in [9.17, 15) is 24.0 Å². The Labute approximate surface area is 735 Å². The molecule has 31 heteroatoms. The Hall–Kier alpha value is -9.85. The van der Waals surface area contributed by atoms with Gasteiger partial charge in [0.25, 0.3) is 47.3 Å². The number of ether oxygens (including phenoxy) is 11. The maximum atomic E-state index is 15.9. The molecule has 8 bridgehead atoms. The van der Waals surface area contributed by atoms with Gasteiger partial charge in [-0.05, 0) is 153 Å². The van der Waals surface area contributed by atoms with Crippen LogP contribution in [0.5, 0.6) is 46.0 Å². The summed E-state index contributed by atoms with van der Waals surface area (Å²) in [5.41, 5.74) is 0.199. The summed E-state index contributed by atoms with van der Waals surface area (Å²) in [6, 6.07) is 10.8. The number of rotatable bonds is 49.